The number of rotatable bonds is 6. The number of nitrogens with one attached hydrogen (secondary N) is 1. The summed E-state index contributed by atoms with van der Waals surface area (Å²) in [6.07, 6.45) is 9.51. The number of benzene rings is 1. The van der Waals surface area contributed by atoms with E-state index in [1.165, 1.54) is 32.1 Å². The van der Waals surface area contributed by atoms with Crippen molar-refractivity contribution in [3.8, 4) is 0 Å². The number of hydrogen-bond donors (Lipinski definition) is 2. The van der Waals surface area contributed by atoms with Crippen molar-refractivity contribution in [2.45, 2.75) is 50.7 Å². The number of aromatic nitrogens is 1. The molecule has 0 radical (unpaired) electrons. The Kier molecular flexibility index (Phi) is 5.58. The van der Waals surface area contributed by atoms with Gasteiger partial charge in [0.25, 0.3) is 5.91 Å². The van der Waals surface area contributed by atoms with Crippen LogP contribution in [0.15, 0.2) is 28.9 Å². The number of aliphatic hydroxyl groups is 1. The maximum absolute atomic E-state index is 12.9. The molecule has 146 valence electrons. The summed E-state index contributed by atoms with van der Waals surface area (Å²) in [7, 11) is 0. The lowest BCUT2D eigenvalue weighted by atomic mass is 9.87. The molecule has 1 saturated heterocycles. The van der Waals surface area contributed by atoms with Crippen LogP contribution in [0.1, 0.15) is 48.9 Å². The van der Waals surface area contributed by atoms with E-state index in [9.17, 15) is 9.90 Å². The Morgan fingerprint density at radius 2 is 2.07 bits per heavy atom. The molecule has 2 heterocycles. The highest BCUT2D eigenvalue weighted by atomic mass is 79.9. The number of carbonyl (C=O) groups is 1. The van der Waals surface area contributed by atoms with Gasteiger partial charge < -0.3 is 19.7 Å². The zero-order valence-corrected chi connectivity index (χ0v) is 17.1. The van der Waals surface area contributed by atoms with Crippen molar-refractivity contribution in [3.63, 3.8) is 0 Å². The van der Waals surface area contributed by atoms with Gasteiger partial charge in [-0.1, -0.05) is 54.1 Å². The highest BCUT2D eigenvalue weighted by molar-refractivity contribution is 9.10. The molecule has 4 rings (SSSR count). The fourth-order valence-corrected chi connectivity index (χ4v) is 4.89. The molecule has 2 aliphatic rings. The van der Waals surface area contributed by atoms with Crippen LogP contribution >= 0.6 is 15.9 Å². The van der Waals surface area contributed by atoms with E-state index in [2.05, 4.69) is 21.2 Å². The van der Waals surface area contributed by atoms with E-state index in [1.807, 2.05) is 29.0 Å². The van der Waals surface area contributed by atoms with E-state index >= 15 is 0 Å². The molecule has 5 nitrogen and oxygen atoms in total. The summed E-state index contributed by atoms with van der Waals surface area (Å²) in [6, 6.07) is 5.89. The average Bonchev–Trinajstić information content (AvgIpc) is 3.01. The molecular formula is C21H27BrN2O3. The molecule has 1 aliphatic heterocycles. The summed E-state index contributed by atoms with van der Waals surface area (Å²) in [5, 5.41) is 14.5. The van der Waals surface area contributed by atoms with E-state index < -0.39 is 5.60 Å². The molecular weight excluding hydrogens is 408 g/mol. The Bertz CT molecular complexity index is 822. The quantitative estimate of drug-likeness (QED) is 0.724. The smallest absolute Gasteiger partial charge is 0.253 e. The normalized spacial score (nSPS) is 19.8. The van der Waals surface area contributed by atoms with Gasteiger partial charge in [-0.2, -0.15) is 0 Å². The lowest BCUT2D eigenvalue weighted by Gasteiger charge is -2.36. The van der Waals surface area contributed by atoms with Crippen LogP contribution in [0, 0.1) is 5.92 Å². The molecule has 27 heavy (non-hydrogen) atoms. The number of hydrogen-bond acceptors (Lipinski definition) is 3. The second-order valence-corrected chi connectivity index (χ2v) is 8.92. The molecule has 0 atom stereocenters. The Hall–Kier alpha value is -1.37. The van der Waals surface area contributed by atoms with Crippen LogP contribution in [0.2, 0.25) is 0 Å². The van der Waals surface area contributed by atoms with Crippen LogP contribution in [-0.4, -0.2) is 40.9 Å². The minimum absolute atomic E-state index is 0.0432. The topological polar surface area (TPSA) is 63.5 Å². The van der Waals surface area contributed by atoms with Crippen LogP contribution in [-0.2, 0) is 11.3 Å². The lowest BCUT2D eigenvalue weighted by molar-refractivity contribution is -0.184. The number of halogens is 1. The molecule has 1 aromatic carbocycles. The van der Waals surface area contributed by atoms with E-state index in [1.54, 1.807) is 0 Å². The molecule has 2 N–H and O–H groups in total. The van der Waals surface area contributed by atoms with Crippen molar-refractivity contribution >= 4 is 32.7 Å². The first-order valence-corrected chi connectivity index (χ1v) is 10.7. The number of nitrogens with zero attached hydrogens (tertiary/aromatic N) is 1. The van der Waals surface area contributed by atoms with E-state index in [0.29, 0.717) is 25.3 Å². The van der Waals surface area contributed by atoms with E-state index in [0.717, 1.165) is 34.3 Å². The third-order valence-corrected chi connectivity index (χ3v) is 6.53. The molecule has 1 amide bonds. The van der Waals surface area contributed by atoms with Gasteiger partial charge >= 0.3 is 0 Å². The van der Waals surface area contributed by atoms with Crippen LogP contribution in [0.3, 0.4) is 0 Å². The zero-order chi connectivity index (χ0) is 18.9. The number of carbonyl (C=O) groups excluding carboxylic acids is 1. The van der Waals surface area contributed by atoms with Crippen molar-refractivity contribution in [2.24, 2.45) is 5.92 Å². The average molecular weight is 435 g/mol. The SMILES string of the molecule is O=C(NCCC1CCCCC1)c1cn(CC2(O)COC2)c2cccc(Br)c12. The molecule has 2 aromatic rings. The van der Waals surface area contributed by atoms with Gasteiger partial charge in [-0.15, -0.1) is 0 Å². The summed E-state index contributed by atoms with van der Waals surface area (Å²) in [4.78, 5) is 12.9. The largest absolute Gasteiger partial charge is 0.383 e. The van der Waals surface area contributed by atoms with Crippen LogP contribution in [0.5, 0.6) is 0 Å². The first-order valence-electron chi connectivity index (χ1n) is 9.91. The first-order chi connectivity index (χ1) is 13.1. The lowest BCUT2D eigenvalue weighted by Crippen LogP contribution is -2.52. The standard InChI is InChI=1S/C21H27BrN2O3/c22-17-7-4-8-18-19(17)16(11-24(18)12-21(26)13-27-14-21)20(25)23-10-9-15-5-2-1-3-6-15/h4,7-8,11,15,26H,1-3,5-6,9-10,12-14H2,(H,23,25). The monoisotopic (exact) mass is 434 g/mol. The first kappa shape index (κ1) is 19.0. The summed E-state index contributed by atoms with van der Waals surface area (Å²) in [6.45, 7) is 1.82. The highest BCUT2D eigenvalue weighted by Gasteiger charge is 2.37. The number of ether oxygens (including phenoxy) is 1. The van der Waals surface area contributed by atoms with Gasteiger partial charge in [-0.3, -0.25) is 4.79 Å². The minimum Gasteiger partial charge on any atom is -0.383 e. The predicted octanol–water partition coefficient (Wildman–Crippen LogP) is 3.87. The Labute approximate surface area is 168 Å². The van der Waals surface area contributed by atoms with Crippen molar-refractivity contribution in [1.82, 2.24) is 9.88 Å². The Morgan fingerprint density at radius 3 is 2.78 bits per heavy atom. The maximum atomic E-state index is 12.9. The van der Waals surface area contributed by atoms with Crippen molar-refractivity contribution in [2.75, 3.05) is 19.8 Å². The summed E-state index contributed by atoms with van der Waals surface area (Å²) in [5.41, 5.74) is 0.760. The highest BCUT2D eigenvalue weighted by Crippen LogP contribution is 2.31. The third-order valence-electron chi connectivity index (χ3n) is 5.87. The second-order valence-electron chi connectivity index (χ2n) is 8.07. The van der Waals surface area contributed by atoms with Gasteiger partial charge in [0.15, 0.2) is 0 Å². The van der Waals surface area contributed by atoms with Crippen LogP contribution in [0.25, 0.3) is 10.9 Å². The van der Waals surface area contributed by atoms with Gasteiger partial charge in [0.05, 0.1) is 30.8 Å². The molecule has 0 bridgehead atoms. The molecule has 1 aromatic heterocycles. The maximum Gasteiger partial charge on any atom is 0.253 e. The molecule has 0 spiro atoms. The fourth-order valence-electron chi connectivity index (χ4n) is 4.32. The Balaban J connectivity index is 1.50. The number of amides is 1. The molecule has 1 saturated carbocycles. The number of fused-ring (bicyclic) bond motifs is 1. The minimum atomic E-state index is -0.844. The Morgan fingerprint density at radius 1 is 1.30 bits per heavy atom. The van der Waals surface area contributed by atoms with Gasteiger partial charge in [-0.25, -0.2) is 0 Å². The molecule has 1 aliphatic carbocycles. The van der Waals surface area contributed by atoms with Crippen LogP contribution in [0.4, 0.5) is 0 Å². The summed E-state index contributed by atoms with van der Waals surface area (Å²) in [5.74, 6) is 0.707. The van der Waals surface area contributed by atoms with Crippen molar-refractivity contribution in [3.05, 3.63) is 34.4 Å². The van der Waals surface area contributed by atoms with Crippen LogP contribution < -0.4 is 5.32 Å². The summed E-state index contributed by atoms with van der Waals surface area (Å²) < 4.78 is 8.03. The van der Waals surface area contributed by atoms with Gasteiger partial charge in [0.2, 0.25) is 0 Å². The van der Waals surface area contributed by atoms with Crippen molar-refractivity contribution in [1.29, 1.82) is 0 Å². The van der Waals surface area contributed by atoms with Crippen molar-refractivity contribution < 1.29 is 14.6 Å². The second kappa shape index (κ2) is 7.94. The predicted molar refractivity (Wildman–Crippen MR) is 109 cm³/mol. The van der Waals surface area contributed by atoms with Gasteiger partial charge in [-0.05, 0) is 24.5 Å². The molecule has 0 unspecified atom stereocenters. The molecule has 2 fully saturated rings. The molecule has 6 heteroatoms. The van der Waals surface area contributed by atoms with E-state index in [-0.39, 0.29) is 5.91 Å². The summed E-state index contributed by atoms with van der Waals surface area (Å²) >= 11 is 3.59. The zero-order valence-electron chi connectivity index (χ0n) is 15.5. The van der Waals surface area contributed by atoms with Gasteiger partial charge in [0, 0.05) is 22.6 Å². The van der Waals surface area contributed by atoms with E-state index in [4.69, 9.17) is 4.74 Å². The van der Waals surface area contributed by atoms with Gasteiger partial charge in [0.1, 0.15) is 5.60 Å². The third kappa shape index (κ3) is 4.08. The fraction of sp³-hybridized carbons (Fsp3) is 0.571.